The van der Waals surface area contributed by atoms with Crippen LogP contribution < -0.4 is 11.1 Å². The molecule has 1 aromatic heterocycles. The Morgan fingerprint density at radius 3 is 3.11 bits per heavy atom. The highest BCUT2D eigenvalue weighted by atomic mass is 16.2. The summed E-state index contributed by atoms with van der Waals surface area (Å²) < 4.78 is 2.09. The van der Waals surface area contributed by atoms with Crippen LogP contribution in [0, 0.1) is 0 Å². The van der Waals surface area contributed by atoms with Gasteiger partial charge in [0, 0.05) is 18.4 Å². The molecule has 0 radical (unpaired) electrons. The fourth-order valence-electron chi connectivity index (χ4n) is 2.66. The summed E-state index contributed by atoms with van der Waals surface area (Å²) in [5, 5.41) is 3.09. The molecule has 1 saturated carbocycles. The van der Waals surface area contributed by atoms with Gasteiger partial charge in [-0.25, -0.2) is 4.98 Å². The average molecular weight is 250 g/mol. The molecular formula is C13H22N4O. The van der Waals surface area contributed by atoms with Crippen LogP contribution in [0.5, 0.6) is 0 Å². The first-order valence-electron chi connectivity index (χ1n) is 6.75. The number of hydrogen-bond acceptors (Lipinski definition) is 3. The molecule has 18 heavy (non-hydrogen) atoms. The summed E-state index contributed by atoms with van der Waals surface area (Å²) in [5.74, 6) is -0.0196. The van der Waals surface area contributed by atoms with E-state index in [9.17, 15) is 4.79 Å². The summed E-state index contributed by atoms with van der Waals surface area (Å²) in [4.78, 5) is 16.0. The van der Waals surface area contributed by atoms with Crippen molar-refractivity contribution < 1.29 is 4.79 Å². The molecule has 5 nitrogen and oxygen atoms in total. The third-order valence-corrected chi connectivity index (χ3v) is 3.65. The van der Waals surface area contributed by atoms with Crippen LogP contribution >= 0.6 is 0 Å². The maximum absolute atomic E-state index is 11.9. The van der Waals surface area contributed by atoms with Crippen molar-refractivity contribution in [3.63, 3.8) is 0 Å². The van der Waals surface area contributed by atoms with E-state index in [1.54, 1.807) is 6.20 Å². The molecule has 1 aliphatic rings. The van der Waals surface area contributed by atoms with Gasteiger partial charge in [0.05, 0.1) is 18.4 Å². The summed E-state index contributed by atoms with van der Waals surface area (Å²) in [5.41, 5.74) is 5.84. The lowest BCUT2D eigenvalue weighted by molar-refractivity contribution is -0.123. The number of amides is 1. The molecule has 1 aromatic rings. The number of carbonyl (C=O) groups is 1. The van der Waals surface area contributed by atoms with Crippen LogP contribution in [0.4, 0.5) is 0 Å². The molecule has 3 atom stereocenters. The molecule has 1 amide bonds. The van der Waals surface area contributed by atoms with Crippen molar-refractivity contribution >= 4 is 5.91 Å². The zero-order chi connectivity index (χ0) is 13.0. The minimum absolute atomic E-state index is 0.0196. The Bertz CT molecular complexity index is 376. The molecule has 0 aromatic carbocycles. The number of nitrogens with two attached hydrogens (primary N) is 1. The molecule has 5 heteroatoms. The van der Waals surface area contributed by atoms with Crippen LogP contribution in [0.2, 0.25) is 0 Å². The molecule has 0 spiro atoms. The first-order chi connectivity index (χ1) is 8.72. The van der Waals surface area contributed by atoms with Gasteiger partial charge in [0.1, 0.15) is 0 Å². The third-order valence-electron chi connectivity index (χ3n) is 3.65. The van der Waals surface area contributed by atoms with Crippen LogP contribution in [0.25, 0.3) is 0 Å². The van der Waals surface area contributed by atoms with Gasteiger partial charge in [-0.1, -0.05) is 13.3 Å². The molecule has 1 fully saturated rings. The molecule has 1 aliphatic carbocycles. The Balaban J connectivity index is 1.94. The smallest absolute Gasteiger partial charge is 0.237 e. The number of imidazole rings is 1. The molecule has 2 unspecified atom stereocenters. The zero-order valence-corrected chi connectivity index (χ0v) is 10.9. The maximum Gasteiger partial charge on any atom is 0.237 e. The van der Waals surface area contributed by atoms with Gasteiger partial charge in [-0.3, -0.25) is 4.79 Å². The van der Waals surface area contributed by atoms with E-state index in [0.29, 0.717) is 6.04 Å². The first kappa shape index (κ1) is 13.1. The highest BCUT2D eigenvalue weighted by Crippen LogP contribution is 2.29. The van der Waals surface area contributed by atoms with E-state index in [1.165, 1.54) is 0 Å². The maximum atomic E-state index is 11.9. The summed E-state index contributed by atoms with van der Waals surface area (Å²) in [6, 6.07) is 0.138. The second-order valence-electron chi connectivity index (χ2n) is 5.02. The lowest BCUT2D eigenvalue weighted by Crippen LogP contribution is -2.46. The summed E-state index contributed by atoms with van der Waals surface area (Å²) in [7, 11) is 0. The van der Waals surface area contributed by atoms with Crippen molar-refractivity contribution in [2.75, 3.05) is 0 Å². The Morgan fingerprint density at radius 1 is 1.61 bits per heavy atom. The van der Waals surface area contributed by atoms with Gasteiger partial charge in [-0.05, 0) is 25.7 Å². The second kappa shape index (κ2) is 6.00. The minimum Gasteiger partial charge on any atom is -0.350 e. The van der Waals surface area contributed by atoms with Gasteiger partial charge >= 0.3 is 0 Å². The Labute approximate surface area is 108 Å². The lowest BCUT2D eigenvalue weighted by Gasteiger charge is -2.23. The van der Waals surface area contributed by atoms with Crippen molar-refractivity contribution in [3.05, 3.63) is 18.7 Å². The predicted octanol–water partition coefficient (Wildman–Crippen LogP) is 1.22. The van der Waals surface area contributed by atoms with Crippen LogP contribution in [-0.4, -0.2) is 27.5 Å². The SMILES string of the molecule is CCC[C@H](N)C(=O)NC1CCCC1n1ccnc1. The lowest BCUT2D eigenvalue weighted by atomic mass is 10.1. The van der Waals surface area contributed by atoms with Gasteiger partial charge in [0.15, 0.2) is 0 Å². The quantitative estimate of drug-likeness (QED) is 0.825. The van der Waals surface area contributed by atoms with Gasteiger partial charge in [0.25, 0.3) is 0 Å². The zero-order valence-electron chi connectivity index (χ0n) is 10.9. The number of aromatic nitrogens is 2. The number of hydrogen-bond donors (Lipinski definition) is 2. The summed E-state index contributed by atoms with van der Waals surface area (Å²) in [6.45, 7) is 2.04. The van der Waals surface area contributed by atoms with Crippen LogP contribution in [0.3, 0.4) is 0 Å². The monoisotopic (exact) mass is 250 g/mol. The normalized spacial score (nSPS) is 25.0. The number of nitrogens with zero attached hydrogens (tertiary/aromatic N) is 2. The second-order valence-corrected chi connectivity index (χ2v) is 5.02. The molecule has 0 bridgehead atoms. The standard InChI is InChI=1S/C13H22N4O/c1-2-4-10(14)13(18)16-11-5-3-6-12(11)17-8-7-15-9-17/h7-12H,2-6,14H2,1H3,(H,16,18)/t10-,11?,12?/m0/s1. The van der Waals surface area contributed by atoms with Crippen LogP contribution in [0.1, 0.15) is 45.1 Å². The number of nitrogens with one attached hydrogen (secondary N) is 1. The first-order valence-corrected chi connectivity index (χ1v) is 6.75. The Kier molecular flexibility index (Phi) is 4.36. The van der Waals surface area contributed by atoms with E-state index in [-0.39, 0.29) is 18.0 Å². The van der Waals surface area contributed by atoms with Crippen molar-refractivity contribution in [1.29, 1.82) is 0 Å². The predicted molar refractivity (Wildman–Crippen MR) is 69.9 cm³/mol. The summed E-state index contributed by atoms with van der Waals surface area (Å²) >= 11 is 0. The Hall–Kier alpha value is -1.36. The van der Waals surface area contributed by atoms with Crippen molar-refractivity contribution in [2.45, 2.75) is 57.2 Å². The van der Waals surface area contributed by atoms with Crippen molar-refractivity contribution in [2.24, 2.45) is 5.73 Å². The van der Waals surface area contributed by atoms with Gasteiger partial charge < -0.3 is 15.6 Å². The van der Waals surface area contributed by atoms with Gasteiger partial charge in [-0.2, -0.15) is 0 Å². The van der Waals surface area contributed by atoms with Gasteiger partial charge in [0.2, 0.25) is 5.91 Å². The Morgan fingerprint density at radius 2 is 2.44 bits per heavy atom. The average Bonchev–Trinajstić information content (AvgIpc) is 2.98. The molecule has 2 rings (SSSR count). The van der Waals surface area contributed by atoms with E-state index >= 15 is 0 Å². The topological polar surface area (TPSA) is 72.9 Å². The highest BCUT2D eigenvalue weighted by molar-refractivity contribution is 5.81. The van der Waals surface area contributed by atoms with E-state index in [0.717, 1.165) is 32.1 Å². The molecule has 100 valence electrons. The van der Waals surface area contributed by atoms with Crippen LogP contribution in [-0.2, 0) is 4.79 Å². The van der Waals surface area contributed by atoms with E-state index in [4.69, 9.17) is 5.73 Å². The largest absolute Gasteiger partial charge is 0.350 e. The summed E-state index contributed by atoms with van der Waals surface area (Å²) in [6.07, 6.45) is 10.5. The fourth-order valence-corrected chi connectivity index (χ4v) is 2.66. The molecule has 0 aliphatic heterocycles. The van der Waals surface area contributed by atoms with Crippen LogP contribution in [0.15, 0.2) is 18.7 Å². The molecule has 3 N–H and O–H groups in total. The van der Waals surface area contributed by atoms with Gasteiger partial charge in [-0.15, -0.1) is 0 Å². The number of carbonyl (C=O) groups excluding carboxylic acids is 1. The number of rotatable bonds is 5. The molecular weight excluding hydrogens is 228 g/mol. The molecule has 0 saturated heterocycles. The third kappa shape index (κ3) is 2.90. The van der Waals surface area contributed by atoms with Crippen molar-refractivity contribution in [3.8, 4) is 0 Å². The van der Waals surface area contributed by atoms with E-state index in [1.807, 2.05) is 19.4 Å². The van der Waals surface area contributed by atoms with E-state index < -0.39 is 0 Å². The highest BCUT2D eigenvalue weighted by Gasteiger charge is 2.30. The fraction of sp³-hybridized carbons (Fsp3) is 0.692. The minimum atomic E-state index is -0.376. The van der Waals surface area contributed by atoms with Crippen molar-refractivity contribution in [1.82, 2.24) is 14.9 Å². The van der Waals surface area contributed by atoms with E-state index in [2.05, 4.69) is 14.9 Å². The molecule has 1 heterocycles.